The van der Waals surface area contributed by atoms with E-state index in [2.05, 4.69) is 5.32 Å². The van der Waals surface area contributed by atoms with Crippen molar-refractivity contribution in [3.8, 4) is 0 Å². The van der Waals surface area contributed by atoms with Gasteiger partial charge in [0, 0.05) is 5.41 Å². The van der Waals surface area contributed by atoms with E-state index in [0.29, 0.717) is 4.99 Å². The van der Waals surface area contributed by atoms with Crippen molar-refractivity contribution < 1.29 is 4.79 Å². The van der Waals surface area contributed by atoms with Crippen molar-refractivity contribution in [3.05, 3.63) is 0 Å². The molecule has 0 aromatic carbocycles. The second kappa shape index (κ2) is 6.05. The van der Waals surface area contributed by atoms with Gasteiger partial charge in [-0.25, -0.2) is 0 Å². The number of nitrogens with two attached hydrogens (primary N) is 1. The average Bonchev–Trinajstić information content (AvgIpc) is 2.16. The minimum Gasteiger partial charge on any atom is -0.392 e. The van der Waals surface area contributed by atoms with Gasteiger partial charge < -0.3 is 11.1 Å². The second-order valence-electron chi connectivity index (χ2n) is 4.45. The normalized spacial score (nSPS) is 13.3. The summed E-state index contributed by atoms with van der Waals surface area (Å²) < 4.78 is 0. The maximum Gasteiger partial charge on any atom is 0.226 e. The Balaban J connectivity index is 4.41. The fraction of sp³-hybridized carbons (Fsp3) is 0.818. The fourth-order valence-electron chi connectivity index (χ4n) is 1.09. The number of carbonyl (C=O) groups is 1. The van der Waals surface area contributed by atoms with Crippen LogP contribution in [0.15, 0.2) is 0 Å². The first-order valence-electron chi connectivity index (χ1n) is 5.45. The van der Waals surface area contributed by atoms with Gasteiger partial charge in [-0.1, -0.05) is 46.3 Å². The predicted octanol–water partition coefficient (Wildman–Crippen LogP) is 1.99. The van der Waals surface area contributed by atoms with Crippen LogP contribution in [0.1, 0.15) is 47.0 Å². The highest BCUT2D eigenvalue weighted by atomic mass is 32.1. The molecule has 0 aromatic rings. The number of hydrogen-bond acceptors (Lipinski definition) is 2. The summed E-state index contributed by atoms with van der Waals surface area (Å²) in [6.45, 7) is 7.88. The van der Waals surface area contributed by atoms with Gasteiger partial charge in [-0.3, -0.25) is 4.79 Å². The first kappa shape index (κ1) is 14.4. The van der Waals surface area contributed by atoms with Gasteiger partial charge in [0.25, 0.3) is 0 Å². The van der Waals surface area contributed by atoms with E-state index in [4.69, 9.17) is 18.0 Å². The summed E-state index contributed by atoms with van der Waals surface area (Å²) in [7, 11) is 0. The maximum absolute atomic E-state index is 11.9. The van der Waals surface area contributed by atoms with Crippen LogP contribution < -0.4 is 11.1 Å². The van der Waals surface area contributed by atoms with Gasteiger partial charge in [0.2, 0.25) is 5.91 Å². The smallest absolute Gasteiger partial charge is 0.226 e. The molecule has 4 heteroatoms. The maximum atomic E-state index is 11.9. The van der Waals surface area contributed by atoms with Crippen LogP contribution in [0.3, 0.4) is 0 Å². The van der Waals surface area contributed by atoms with Crippen LogP contribution in [0.2, 0.25) is 0 Å². The summed E-state index contributed by atoms with van der Waals surface area (Å²) in [5.74, 6) is 0.0243. The first-order chi connectivity index (χ1) is 6.85. The van der Waals surface area contributed by atoms with Gasteiger partial charge in [-0.05, 0) is 12.8 Å². The van der Waals surface area contributed by atoms with Crippen LogP contribution >= 0.6 is 12.2 Å². The van der Waals surface area contributed by atoms with Gasteiger partial charge in [0.1, 0.15) is 0 Å². The minimum absolute atomic E-state index is 0.0243. The van der Waals surface area contributed by atoms with E-state index in [-0.39, 0.29) is 17.4 Å². The number of amides is 1. The molecule has 0 saturated heterocycles. The van der Waals surface area contributed by atoms with E-state index in [1.807, 2.05) is 27.7 Å². The zero-order valence-corrected chi connectivity index (χ0v) is 10.9. The lowest BCUT2D eigenvalue weighted by Gasteiger charge is -2.25. The Morgan fingerprint density at radius 1 is 1.47 bits per heavy atom. The SMILES string of the molecule is CCCC(NC(=O)C(C)(C)CC)C(N)=S. The lowest BCUT2D eigenvalue weighted by molar-refractivity contribution is -0.129. The summed E-state index contributed by atoms with van der Waals surface area (Å²) in [6, 6.07) is -0.164. The van der Waals surface area contributed by atoms with Gasteiger partial charge in [-0.2, -0.15) is 0 Å². The van der Waals surface area contributed by atoms with Crippen molar-refractivity contribution in [1.82, 2.24) is 5.32 Å². The van der Waals surface area contributed by atoms with Crippen molar-refractivity contribution >= 4 is 23.1 Å². The largest absolute Gasteiger partial charge is 0.392 e. The summed E-state index contributed by atoms with van der Waals surface area (Å²) in [5, 5.41) is 2.90. The van der Waals surface area contributed by atoms with Crippen molar-refractivity contribution in [3.63, 3.8) is 0 Å². The van der Waals surface area contributed by atoms with E-state index >= 15 is 0 Å². The summed E-state index contributed by atoms with van der Waals surface area (Å²) in [6.07, 6.45) is 2.56. The molecule has 0 aliphatic rings. The van der Waals surface area contributed by atoms with Crippen LogP contribution in [0.25, 0.3) is 0 Å². The monoisotopic (exact) mass is 230 g/mol. The third-order valence-electron chi connectivity index (χ3n) is 2.72. The number of nitrogens with one attached hydrogen (secondary N) is 1. The van der Waals surface area contributed by atoms with Gasteiger partial charge in [0.15, 0.2) is 0 Å². The average molecular weight is 230 g/mol. The molecule has 0 fully saturated rings. The van der Waals surface area contributed by atoms with Crippen molar-refractivity contribution in [1.29, 1.82) is 0 Å². The summed E-state index contributed by atoms with van der Waals surface area (Å²) >= 11 is 4.92. The molecular formula is C11H22N2OS. The van der Waals surface area contributed by atoms with Gasteiger partial charge >= 0.3 is 0 Å². The van der Waals surface area contributed by atoms with E-state index < -0.39 is 0 Å². The van der Waals surface area contributed by atoms with E-state index in [1.165, 1.54) is 0 Å². The molecule has 0 aromatic heterocycles. The molecule has 3 nitrogen and oxygen atoms in total. The van der Waals surface area contributed by atoms with Crippen LogP contribution in [0.5, 0.6) is 0 Å². The number of rotatable bonds is 6. The fourth-order valence-corrected chi connectivity index (χ4v) is 1.27. The van der Waals surface area contributed by atoms with E-state index in [1.54, 1.807) is 0 Å². The Labute approximate surface area is 97.8 Å². The van der Waals surface area contributed by atoms with Crippen molar-refractivity contribution in [2.75, 3.05) is 0 Å². The molecule has 0 rings (SSSR count). The summed E-state index contributed by atoms with van der Waals surface area (Å²) in [5.41, 5.74) is 5.22. The Kier molecular flexibility index (Phi) is 5.80. The highest BCUT2D eigenvalue weighted by molar-refractivity contribution is 7.80. The molecular weight excluding hydrogens is 208 g/mol. The molecule has 3 N–H and O–H groups in total. The zero-order chi connectivity index (χ0) is 12.1. The van der Waals surface area contributed by atoms with Gasteiger partial charge in [0.05, 0.1) is 11.0 Å². The molecule has 0 aliphatic heterocycles. The Bertz CT molecular complexity index is 239. The first-order valence-corrected chi connectivity index (χ1v) is 5.86. The molecule has 0 heterocycles. The lowest BCUT2D eigenvalue weighted by atomic mass is 9.89. The molecule has 15 heavy (non-hydrogen) atoms. The molecule has 0 saturated carbocycles. The predicted molar refractivity (Wildman–Crippen MR) is 67.7 cm³/mol. The van der Waals surface area contributed by atoms with Crippen LogP contribution in [0.4, 0.5) is 0 Å². The number of thiocarbonyl (C=S) groups is 1. The molecule has 1 unspecified atom stereocenters. The minimum atomic E-state index is -0.350. The molecule has 0 aliphatic carbocycles. The highest BCUT2D eigenvalue weighted by Gasteiger charge is 2.27. The molecule has 1 amide bonds. The molecule has 1 atom stereocenters. The number of carbonyl (C=O) groups excluding carboxylic acids is 1. The van der Waals surface area contributed by atoms with E-state index in [0.717, 1.165) is 19.3 Å². The molecule has 88 valence electrons. The van der Waals surface area contributed by atoms with Crippen LogP contribution in [0, 0.1) is 5.41 Å². The second-order valence-corrected chi connectivity index (χ2v) is 4.93. The Morgan fingerprint density at radius 3 is 2.33 bits per heavy atom. The molecule has 0 bridgehead atoms. The van der Waals surface area contributed by atoms with Crippen LogP contribution in [-0.2, 0) is 4.79 Å². The Hall–Kier alpha value is -0.640. The van der Waals surface area contributed by atoms with Crippen molar-refractivity contribution in [2.45, 2.75) is 53.0 Å². The van der Waals surface area contributed by atoms with E-state index in [9.17, 15) is 4.79 Å². The summed E-state index contributed by atoms with van der Waals surface area (Å²) in [4.78, 5) is 12.2. The lowest BCUT2D eigenvalue weighted by Crippen LogP contribution is -2.48. The standard InChI is InChI=1S/C11H22N2OS/c1-5-7-8(9(12)15)13-10(14)11(3,4)6-2/h8H,5-7H2,1-4H3,(H2,12,15)(H,13,14). The molecule has 0 spiro atoms. The molecule has 0 radical (unpaired) electrons. The number of hydrogen-bond donors (Lipinski definition) is 2. The topological polar surface area (TPSA) is 55.1 Å². The van der Waals surface area contributed by atoms with Crippen molar-refractivity contribution in [2.24, 2.45) is 11.1 Å². The Morgan fingerprint density at radius 2 is 2.00 bits per heavy atom. The van der Waals surface area contributed by atoms with Gasteiger partial charge in [-0.15, -0.1) is 0 Å². The highest BCUT2D eigenvalue weighted by Crippen LogP contribution is 2.20. The third kappa shape index (κ3) is 4.60. The third-order valence-corrected chi connectivity index (χ3v) is 3.01. The quantitative estimate of drug-likeness (QED) is 0.686. The van der Waals surface area contributed by atoms with Crippen LogP contribution in [-0.4, -0.2) is 16.9 Å². The zero-order valence-electron chi connectivity index (χ0n) is 10.1.